The summed E-state index contributed by atoms with van der Waals surface area (Å²) in [5.41, 5.74) is -1.72. The molecule has 0 spiro atoms. The second-order valence-corrected chi connectivity index (χ2v) is 11.2. The van der Waals surface area contributed by atoms with E-state index in [1.807, 2.05) is 22.9 Å². The SMILES string of the molecule is C[N+]1(C)[C@H]2CC(OC(=O)C(O)(c3cccs3)c3cccs3)C[C@H]1[C@H]1O[C@H]12.O=P([O-])([O-])[O-]. The lowest BCUT2D eigenvalue weighted by molar-refractivity contribution is -0.938. The highest BCUT2D eigenvalue weighted by molar-refractivity contribution is 7.40. The lowest BCUT2D eigenvalue weighted by Gasteiger charge is -2.45. The Bertz CT molecular complexity index is 911. The van der Waals surface area contributed by atoms with Crippen LogP contribution in [0, 0.1) is 0 Å². The van der Waals surface area contributed by atoms with E-state index in [9.17, 15) is 9.90 Å². The molecule has 0 aromatic carbocycles. The van der Waals surface area contributed by atoms with E-state index in [4.69, 9.17) is 28.7 Å². The first-order chi connectivity index (χ1) is 14.4. The Morgan fingerprint density at radius 2 is 1.58 bits per heavy atom. The van der Waals surface area contributed by atoms with Crippen molar-refractivity contribution in [1.82, 2.24) is 0 Å². The highest BCUT2D eigenvalue weighted by atomic mass is 32.1. The van der Waals surface area contributed by atoms with Crippen molar-refractivity contribution in [2.75, 3.05) is 14.1 Å². The predicted molar refractivity (Wildman–Crippen MR) is 107 cm³/mol. The Kier molecular flexibility index (Phi) is 5.96. The van der Waals surface area contributed by atoms with Gasteiger partial charge in [-0.05, 0) is 22.9 Å². The number of aliphatic hydroxyl groups is 1. The second-order valence-electron chi connectivity index (χ2n) is 8.44. The maximum atomic E-state index is 13.1. The molecule has 3 fully saturated rings. The van der Waals surface area contributed by atoms with Crippen molar-refractivity contribution in [3.05, 3.63) is 44.8 Å². The third kappa shape index (κ3) is 4.39. The van der Waals surface area contributed by atoms with Gasteiger partial charge in [0.15, 0.2) is 0 Å². The number of thiophene rings is 2. The van der Waals surface area contributed by atoms with Gasteiger partial charge in [-0.25, -0.2) is 4.79 Å². The molecule has 12 heteroatoms. The molecular formula is C19H22NO8PS2-2. The van der Waals surface area contributed by atoms with E-state index in [1.54, 1.807) is 12.1 Å². The third-order valence-electron chi connectivity index (χ3n) is 6.36. The number of fused-ring (bicyclic) bond motifs is 5. The summed E-state index contributed by atoms with van der Waals surface area (Å²) in [4.78, 5) is 40.0. The molecule has 1 unspecified atom stereocenters. The van der Waals surface area contributed by atoms with Crippen molar-refractivity contribution < 1.29 is 43.1 Å². The first-order valence-electron chi connectivity index (χ1n) is 9.65. The van der Waals surface area contributed by atoms with Gasteiger partial charge >= 0.3 is 5.97 Å². The van der Waals surface area contributed by atoms with Crippen LogP contribution in [0.25, 0.3) is 0 Å². The molecule has 5 heterocycles. The van der Waals surface area contributed by atoms with Gasteiger partial charge in [-0.2, -0.15) is 7.82 Å². The molecule has 3 saturated heterocycles. The largest absolute Gasteiger partial charge is 0.822 e. The number of ether oxygens (including phenoxy) is 2. The molecule has 1 N–H and O–H groups in total. The van der Waals surface area contributed by atoms with Gasteiger partial charge in [-0.1, -0.05) is 12.1 Å². The molecule has 0 radical (unpaired) electrons. The standard InChI is InChI=1S/C19H22NO4S2.H3O4P/c1-20(2)12-9-11(10-13(20)17-16(12)24-17)23-18(21)19(22,14-5-3-7-25-14)15-6-4-8-26-15;1-5(2,3)4/h3-8,11-13,16-17,22H,9-10H2,1-2H3;(H3,1,2,3,4)/q+1;/p-3/t11?,12-,13-,16-,17+;/m0./s1. The fraction of sp³-hybridized carbons (Fsp3) is 0.526. The molecule has 31 heavy (non-hydrogen) atoms. The van der Waals surface area contributed by atoms with Gasteiger partial charge in [0, 0.05) is 12.8 Å². The van der Waals surface area contributed by atoms with Crippen molar-refractivity contribution in [3.63, 3.8) is 0 Å². The number of quaternary nitrogens is 1. The number of phosphoric acid groups is 1. The van der Waals surface area contributed by atoms with E-state index in [-0.39, 0.29) is 6.10 Å². The fourth-order valence-electron chi connectivity index (χ4n) is 4.83. The lowest BCUT2D eigenvalue weighted by Crippen LogP contribution is -2.60. The van der Waals surface area contributed by atoms with Crippen molar-refractivity contribution >= 4 is 36.5 Å². The van der Waals surface area contributed by atoms with Crippen molar-refractivity contribution in [2.24, 2.45) is 0 Å². The summed E-state index contributed by atoms with van der Waals surface area (Å²) in [6.07, 6.45) is 2.05. The summed E-state index contributed by atoms with van der Waals surface area (Å²) in [7, 11) is -0.896. The normalized spacial score (nSPS) is 30.7. The van der Waals surface area contributed by atoms with Crippen molar-refractivity contribution in [3.8, 4) is 0 Å². The van der Waals surface area contributed by atoms with Crippen LogP contribution in [0.4, 0.5) is 0 Å². The zero-order chi connectivity index (χ0) is 22.6. The number of nitrogens with zero attached hydrogens (tertiary/aromatic N) is 1. The molecule has 3 aliphatic heterocycles. The zero-order valence-corrected chi connectivity index (χ0v) is 19.3. The first kappa shape index (κ1) is 23.0. The van der Waals surface area contributed by atoms with Crippen molar-refractivity contribution in [2.45, 2.75) is 48.8 Å². The summed E-state index contributed by atoms with van der Waals surface area (Å²) < 4.78 is 21.2. The van der Waals surface area contributed by atoms with Gasteiger partial charge in [-0.15, -0.1) is 22.7 Å². The average molecular weight is 487 g/mol. The molecule has 0 saturated carbocycles. The molecule has 0 aliphatic carbocycles. The van der Waals surface area contributed by atoms with Crippen LogP contribution < -0.4 is 14.7 Å². The van der Waals surface area contributed by atoms with Crippen LogP contribution in [0.2, 0.25) is 0 Å². The molecule has 2 bridgehead atoms. The third-order valence-corrected chi connectivity index (χ3v) is 8.32. The minimum absolute atomic E-state index is 0.161. The van der Waals surface area contributed by atoms with Gasteiger partial charge in [0.2, 0.25) is 5.60 Å². The van der Waals surface area contributed by atoms with E-state index in [1.165, 1.54) is 22.7 Å². The maximum Gasteiger partial charge on any atom is 0.349 e. The second kappa shape index (κ2) is 8.02. The number of carbonyl (C=O) groups excluding carboxylic acids is 1. The van der Waals surface area contributed by atoms with Gasteiger partial charge < -0.3 is 38.3 Å². The van der Waals surface area contributed by atoms with E-state index < -0.39 is 19.4 Å². The summed E-state index contributed by atoms with van der Waals surface area (Å²) in [5, 5.41) is 15.1. The summed E-state index contributed by atoms with van der Waals surface area (Å²) in [6.45, 7) is 0. The quantitative estimate of drug-likeness (QED) is 0.263. The van der Waals surface area contributed by atoms with Gasteiger partial charge in [0.1, 0.15) is 30.4 Å². The van der Waals surface area contributed by atoms with Crippen LogP contribution in [0.15, 0.2) is 35.0 Å². The maximum absolute atomic E-state index is 13.1. The van der Waals surface area contributed by atoms with Crippen LogP contribution in [-0.2, 0) is 24.4 Å². The zero-order valence-electron chi connectivity index (χ0n) is 16.8. The van der Waals surface area contributed by atoms with E-state index in [0.29, 0.717) is 34.0 Å². The van der Waals surface area contributed by atoms with Gasteiger partial charge in [-0.3, -0.25) is 0 Å². The smallest absolute Gasteiger partial charge is 0.349 e. The number of likely N-dealkylation sites (N-methyl/N-ethyl adjacent to an activating group) is 1. The molecule has 2 aromatic heterocycles. The monoisotopic (exact) mass is 487 g/mol. The highest BCUT2D eigenvalue weighted by Gasteiger charge is 2.71. The Hall–Kier alpha value is -1.14. The van der Waals surface area contributed by atoms with Crippen LogP contribution in [0.5, 0.6) is 0 Å². The number of epoxide rings is 1. The number of rotatable bonds is 4. The van der Waals surface area contributed by atoms with Crippen LogP contribution in [0.3, 0.4) is 0 Å². The predicted octanol–water partition coefficient (Wildman–Crippen LogP) is -0.479. The minimum atomic E-state index is -5.39. The summed E-state index contributed by atoms with van der Waals surface area (Å²) in [6, 6.07) is 8.01. The molecule has 3 aliphatic rings. The molecule has 2 aromatic rings. The van der Waals surface area contributed by atoms with E-state index >= 15 is 0 Å². The van der Waals surface area contributed by atoms with E-state index in [2.05, 4.69) is 14.1 Å². The van der Waals surface area contributed by atoms with E-state index in [0.717, 1.165) is 17.3 Å². The number of morpholine rings is 1. The van der Waals surface area contributed by atoms with Gasteiger partial charge in [0.25, 0.3) is 0 Å². The molecule has 170 valence electrons. The fourth-order valence-corrected chi connectivity index (χ4v) is 6.54. The topological polar surface area (TPSA) is 145 Å². The average Bonchev–Trinajstić information content (AvgIpc) is 3.01. The molecule has 9 nitrogen and oxygen atoms in total. The number of carbonyl (C=O) groups is 1. The molecule has 5 rings (SSSR count). The lowest BCUT2D eigenvalue weighted by atomic mass is 9.95. The van der Waals surface area contributed by atoms with Crippen molar-refractivity contribution in [1.29, 1.82) is 0 Å². The Morgan fingerprint density at radius 1 is 1.13 bits per heavy atom. The number of hydrogen-bond donors (Lipinski definition) is 1. The van der Waals surface area contributed by atoms with Crippen LogP contribution in [-0.4, -0.2) is 60.0 Å². The number of piperidine rings is 1. The molecular weight excluding hydrogens is 465 g/mol. The highest BCUT2D eigenvalue weighted by Crippen LogP contribution is 2.52. The first-order valence-corrected chi connectivity index (χ1v) is 12.9. The number of hydrogen-bond acceptors (Lipinski definition) is 10. The van der Waals surface area contributed by atoms with Crippen LogP contribution in [0.1, 0.15) is 22.6 Å². The Labute approximate surface area is 187 Å². The van der Waals surface area contributed by atoms with Gasteiger partial charge in [0.05, 0.1) is 23.8 Å². The molecule has 5 atom stereocenters. The number of esters is 1. The molecule has 0 amide bonds. The Balaban J connectivity index is 0.000000418. The summed E-state index contributed by atoms with van der Waals surface area (Å²) in [5.74, 6) is -0.561. The minimum Gasteiger partial charge on any atom is -0.822 e. The van der Waals surface area contributed by atoms with Crippen LogP contribution >= 0.6 is 30.5 Å². The Morgan fingerprint density at radius 3 is 1.97 bits per heavy atom. The summed E-state index contributed by atoms with van der Waals surface area (Å²) >= 11 is 2.74.